The highest BCUT2D eigenvalue weighted by Crippen LogP contribution is 2.31. The van der Waals surface area contributed by atoms with Crippen molar-refractivity contribution in [2.45, 2.75) is 27.7 Å². The maximum Gasteiger partial charge on any atom is 0.343 e. The third kappa shape index (κ3) is 2.99. The molecule has 0 radical (unpaired) electrons. The van der Waals surface area contributed by atoms with E-state index >= 15 is 0 Å². The normalized spacial score (nSPS) is 11.1. The van der Waals surface area contributed by atoms with Crippen LogP contribution in [-0.2, 0) is 11.8 Å². The molecule has 0 fully saturated rings. The SMILES string of the molecule is CCOC(=O)c1cnc2c(c(C)nn2C)c1OCC(C)C. The Kier molecular flexibility index (Phi) is 4.45. The first-order valence-corrected chi connectivity index (χ1v) is 7.07. The summed E-state index contributed by atoms with van der Waals surface area (Å²) in [5, 5.41) is 5.11. The van der Waals surface area contributed by atoms with Gasteiger partial charge in [0.2, 0.25) is 0 Å². The van der Waals surface area contributed by atoms with Crippen LogP contribution in [0, 0.1) is 12.8 Å². The summed E-state index contributed by atoms with van der Waals surface area (Å²) in [4.78, 5) is 16.4. The van der Waals surface area contributed by atoms with Gasteiger partial charge in [0.05, 0.1) is 24.3 Å². The number of carbonyl (C=O) groups is 1. The number of fused-ring (bicyclic) bond motifs is 1. The average molecular weight is 291 g/mol. The summed E-state index contributed by atoms with van der Waals surface area (Å²) in [6, 6.07) is 0. The summed E-state index contributed by atoms with van der Waals surface area (Å²) in [5.74, 6) is 0.437. The second-order valence-electron chi connectivity index (χ2n) is 5.33. The zero-order chi connectivity index (χ0) is 15.6. The van der Waals surface area contributed by atoms with Gasteiger partial charge in [-0.15, -0.1) is 0 Å². The van der Waals surface area contributed by atoms with Crippen LogP contribution in [0.4, 0.5) is 0 Å². The number of esters is 1. The first-order chi connectivity index (χ1) is 9.95. The van der Waals surface area contributed by atoms with Crippen molar-refractivity contribution in [2.75, 3.05) is 13.2 Å². The molecule has 0 N–H and O–H groups in total. The molecular formula is C15H21N3O3. The number of hydrogen-bond donors (Lipinski definition) is 0. The topological polar surface area (TPSA) is 66.2 Å². The molecule has 2 heterocycles. The van der Waals surface area contributed by atoms with E-state index in [-0.39, 0.29) is 0 Å². The molecule has 114 valence electrons. The Labute approximate surface area is 124 Å². The van der Waals surface area contributed by atoms with Gasteiger partial charge in [-0.25, -0.2) is 9.78 Å². The zero-order valence-electron chi connectivity index (χ0n) is 13.1. The zero-order valence-corrected chi connectivity index (χ0v) is 13.1. The molecular weight excluding hydrogens is 270 g/mol. The molecule has 0 aliphatic heterocycles. The molecule has 0 saturated heterocycles. The van der Waals surface area contributed by atoms with Crippen molar-refractivity contribution in [2.24, 2.45) is 13.0 Å². The van der Waals surface area contributed by atoms with Gasteiger partial charge in [-0.2, -0.15) is 5.10 Å². The highest BCUT2D eigenvalue weighted by atomic mass is 16.5. The van der Waals surface area contributed by atoms with Gasteiger partial charge in [0.1, 0.15) is 11.3 Å². The molecule has 0 aromatic carbocycles. The van der Waals surface area contributed by atoms with Crippen LogP contribution in [0.5, 0.6) is 5.75 Å². The average Bonchev–Trinajstić information content (AvgIpc) is 2.71. The predicted molar refractivity (Wildman–Crippen MR) is 79.5 cm³/mol. The van der Waals surface area contributed by atoms with Crippen LogP contribution in [0.2, 0.25) is 0 Å². The number of nitrogens with zero attached hydrogens (tertiary/aromatic N) is 3. The van der Waals surface area contributed by atoms with Crippen molar-refractivity contribution in [3.63, 3.8) is 0 Å². The van der Waals surface area contributed by atoms with Crippen LogP contribution < -0.4 is 4.74 Å². The Balaban J connectivity index is 2.59. The first kappa shape index (κ1) is 15.3. The Morgan fingerprint density at radius 3 is 2.76 bits per heavy atom. The van der Waals surface area contributed by atoms with Gasteiger partial charge in [0.15, 0.2) is 5.65 Å². The monoisotopic (exact) mass is 291 g/mol. The molecule has 0 spiro atoms. The van der Waals surface area contributed by atoms with E-state index in [2.05, 4.69) is 23.9 Å². The van der Waals surface area contributed by atoms with Gasteiger partial charge in [0.25, 0.3) is 0 Å². The third-order valence-electron chi connectivity index (χ3n) is 3.04. The number of carbonyl (C=O) groups excluding carboxylic acids is 1. The number of pyridine rings is 1. The van der Waals surface area contributed by atoms with E-state index in [1.165, 1.54) is 6.20 Å². The Morgan fingerprint density at radius 2 is 2.14 bits per heavy atom. The van der Waals surface area contributed by atoms with Gasteiger partial charge in [-0.1, -0.05) is 13.8 Å². The van der Waals surface area contributed by atoms with Gasteiger partial charge < -0.3 is 9.47 Å². The van der Waals surface area contributed by atoms with Gasteiger partial charge in [-0.05, 0) is 19.8 Å². The minimum absolute atomic E-state index is 0.312. The molecule has 6 nitrogen and oxygen atoms in total. The fourth-order valence-electron chi connectivity index (χ4n) is 2.13. The van der Waals surface area contributed by atoms with E-state index in [1.54, 1.807) is 11.6 Å². The third-order valence-corrected chi connectivity index (χ3v) is 3.04. The standard InChI is InChI=1S/C15H21N3O3/c1-6-20-15(19)11-7-16-14-12(10(4)17-18(14)5)13(11)21-8-9(2)3/h7,9H,6,8H2,1-5H3. The van der Waals surface area contributed by atoms with Crippen molar-refractivity contribution in [1.82, 2.24) is 14.8 Å². The molecule has 21 heavy (non-hydrogen) atoms. The van der Waals surface area contributed by atoms with Crippen molar-refractivity contribution < 1.29 is 14.3 Å². The van der Waals surface area contributed by atoms with Crippen molar-refractivity contribution in [3.05, 3.63) is 17.5 Å². The van der Waals surface area contributed by atoms with E-state index < -0.39 is 5.97 Å². The second-order valence-corrected chi connectivity index (χ2v) is 5.33. The van der Waals surface area contributed by atoms with E-state index in [0.29, 0.717) is 36.1 Å². The van der Waals surface area contributed by atoms with Gasteiger partial charge >= 0.3 is 5.97 Å². The van der Waals surface area contributed by atoms with E-state index in [0.717, 1.165) is 11.1 Å². The fraction of sp³-hybridized carbons (Fsp3) is 0.533. The molecule has 0 saturated carbocycles. The van der Waals surface area contributed by atoms with E-state index in [9.17, 15) is 4.79 Å². The van der Waals surface area contributed by atoms with Crippen LogP contribution in [0.3, 0.4) is 0 Å². The molecule has 0 bridgehead atoms. The summed E-state index contributed by atoms with van der Waals surface area (Å²) in [6.45, 7) is 8.58. The lowest BCUT2D eigenvalue weighted by molar-refractivity contribution is 0.0521. The molecule has 0 unspecified atom stereocenters. The molecule has 0 atom stereocenters. The van der Waals surface area contributed by atoms with Gasteiger partial charge in [0, 0.05) is 13.2 Å². The molecule has 0 aliphatic rings. The summed E-state index contributed by atoms with van der Waals surface area (Å²) in [7, 11) is 1.82. The quantitative estimate of drug-likeness (QED) is 0.792. The van der Waals surface area contributed by atoms with Crippen molar-refractivity contribution >= 4 is 17.0 Å². The number of hydrogen-bond acceptors (Lipinski definition) is 5. The summed E-state index contributed by atoms with van der Waals surface area (Å²) >= 11 is 0. The van der Waals surface area contributed by atoms with E-state index in [1.807, 2.05) is 14.0 Å². The fourth-order valence-corrected chi connectivity index (χ4v) is 2.13. The Morgan fingerprint density at radius 1 is 1.43 bits per heavy atom. The minimum Gasteiger partial charge on any atom is -0.492 e. The maximum absolute atomic E-state index is 12.1. The summed E-state index contributed by atoms with van der Waals surface area (Å²) in [5.41, 5.74) is 1.82. The van der Waals surface area contributed by atoms with Crippen LogP contribution in [0.15, 0.2) is 6.20 Å². The number of aryl methyl sites for hydroxylation is 2. The predicted octanol–water partition coefficient (Wildman–Crippen LogP) is 2.49. The highest BCUT2D eigenvalue weighted by molar-refractivity contribution is 5.99. The summed E-state index contributed by atoms with van der Waals surface area (Å²) in [6.07, 6.45) is 1.50. The first-order valence-electron chi connectivity index (χ1n) is 7.07. The Bertz CT molecular complexity index is 662. The largest absolute Gasteiger partial charge is 0.492 e. The van der Waals surface area contributed by atoms with Crippen LogP contribution in [0.1, 0.15) is 36.8 Å². The second kappa shape index (κ2) is 6.11. The lowest BCUT2D eigenvalue weighted by Crippen LogP contribution is -2.12. The van der Waals surface area contributed by atoms with Gasteiger partial charge in [-0.3, -0.25) is 4.68 Å². The molecule has 2 aromatic heterocycles. The maximum atomic E-state index is 12.1. The number of aromatic nitrogens is 3. The number of rotatable bonds is 5. The Hall–Kier alpha value is -2.11. The van der Waals surface area contributed by atoms with Crippen molar-refractivity contribution in [1.29, 1.82) is 0 Å². The van der Waals surface area contributed by atoms with Crippen LogP contribution in [0.25, 0.3) is 11.0 Å². The molecule has 0 amide bonds. The lowest BCUT2D eigenvalue weighted by Gasteiger charge is -2.13. The smallest absolute Gasteiger partial charge is 0.343 e. The molecule has 6 heteroatoms. The minimum atomic E-state index is -0.422. The van der Waals surface area contributed by atoms with Crippen LogP contribution >= 0.6 is 0 Å². The van der Waals surface area contributed by atoms with E-state index in [4.69, 9.17) is 9.47 Å². The lowest BCUT2D eigenvalue weighted by atomic mass is 10.1. The number of ether oxygens (including phenoxy) is 2. The molecule has 2 aromatic rings. The highest BCUT2D eigenvalue weighted by Gasteiger charge is 2.22. The van der Waals surface area contributed by atoms with Crippen LogP contribution in [-0.4, -0.2) is 33.9 Å². The molecule has 0 aliphatic carbocycles. The molecule has 2 rings (SSSR count). The van der Waals surface area contributed by atoms with Crippen molar-refractivity contribution in [3.8, 4) is 5.75 Å². The summed E-state index contributed by atoms with van der Waals surface area (Å²) < 4.78 is 12.6.